The lowest BCUT2D eigenvalue weighted by Gasteiger charge is -2.00. The van der Waals surface area contributed by atoms with Gasteiger partial charge in [-0.1, -0.05) is 6.08 Å². The molecule has 0 aliphatic rings. The molecule has 0 aromatic rings. The van der Waals surface area contributed by atoms with Crippen molar-refractivity contribution < 1.29 is 9.59 Å². The van der Waals surface area contributed by atoms with E-state index in [1.807, 2.05) is 0 Å². The summed E-state index contributed by atoms with van der Waals surface area (Å²) in [6.07, 6.45) is 3.87. The molecule has 0 aliphatic carbocycles. The molecule has 0 saturated carbocycles. The summed E-state index contributed by atoms with van der Waals surface area (Å²) < 4.78 is 0. The number of rotatable bonds is 4. The van der Waals surface area contributed by atoms with Crippen molar-refractivity contribution in [2.75, 3.05) is 0 Å². The van der Waals surface area contributed by atoms with Gasteiger partial charge in [0.1, 0.15) is 5.94 Å². The minimum atomic E-state index is -0.387. The summed E-state index contributed by atoms with van der Waals surface area (Å²) in [5, 5.41) is 0.523. The van der Waals surface area contributed by atoms with Gasteiger partial charge in [-0.25, -0.2) is 4.79 Å². The van der Waals surface area contributed by atoms with Crippen molar-refractivity contribution in [2.24, 2.45) is 5.92 Å². The fourth-order valence-electron chi connectivity index (χ4n) is 0.551. The molecule has 2 nitrogen and oxygen atoms in total. The van der Waals surface area contributed by atoms with E-state index in [9.17, 15) is 9.59 Å². The maximum Gasteiger partial charge on any atom is 0.206 e. The first-order valence-corrected chi connectivity index (χ1v) is 3.96. The van der Waals surface area contributed by atoms with Crippen molar-refractivity contribution >= 4 is 22.5 Å². The summed E-state index contributed by atoms with van der Waals surface area (Å²) in [4.78, 5) is 20.2. The van der Waals surface area contributed by atoms with Gasteiger partial charge in [-0.3, -0.25) is 4.79 Å². The van der Waals surface area contributed by atoms with Crippen LogP contribution in [0.5, 0.6) is 0 Å². The molecule has 0 heterocycles. The Bertz CT molecular complexity index is 180. The smallest absolute Gasteiger partial charge is 0.206 e. The van der Waals surface area contributed by atoms with Crippen LogP contribution in [-0.4, -0.2) is 22.5 Å². The molecule has 0 aromatic carbocycles. The van der Waals surface area contributed by atoms with E-state index in [2.05, 4.69) is 6.58 Å². The largest absolute Gasteiger partial charge is 0.290 e. The summed E-state index contributed by atoms with van der Waals surface area (Å²) in [5.41, 5.74) is 0. The predicted octanol–water partition coefficient (Wildman–Crippen LogP) is -0.631. The molecule has 0 aliphatic heterocycles. The SMILES string of the molecule is C=CCC([C]=O)C([SiH3])=C=O. The summed E-state index contributed by atoms with van der Waals surface area (Å²) in [6, 6.07) is 0. The maximum absolute atomic E-state index is 10.1. The van der Waals surface area contributed by atoms with Crippen LogP contribution < -0.4 is 0 Å². The molecule has 0 aromatic heterocycles. The van der Waals surface area contributed by atoms with E-state index in [1.165, 1.54) is 0 Å². The van der Waals surface area contributed by atoms with E-state index in [0.29, 0.717) is 21.9 Å². The first-order chi connectivity index (χ1) is 4.76. The Morgan fingerprint density at radius 1 is 1.70 bits per heavy atom. The van der Waals surface area contributed by atoms with Gasteiger partial charge in [0.2, 0.25) is 6.29 Å². The highest BCUT2D eigenvalue weighted by atomic mass is 28.1. The lowest BCUT2D eigenvalue weighted by molar-refractivity contribution is 0.535. The molecule has 10 heavy (non-hydrogen) atoms. The topological polar surface area (TPSA) is 34.1 Å². The van der Waals surface area contributed by atoms with Crippen molar-refractivity contribution in [3.63, 3.8) is 0 Å². The van der Waals surface area contributed by atoms with E-state index in [-0.39, 0.29) is 5.92 Å². The highest BCUT2D eigenvalue weighted by Gasteiger charge is 2.08. The van der Waals surface area contributed by atoms with E-state index < -0.39 is 0 Å². The Morgan fingerprint density at radius 2 is 2.30 bits per heavy atom. The van der Waals surface area contributed by atoms with Crippen LogP contribution in [0.15, 0.2) is 17.9 Å². The second-order valence-electron chi connectivity index (χ2n) is 1.98. The molecule has 53 valence electrons. The van der Waals surface area contributed by atoms with Crippen LogP contribution in [0.4, 0.5) is 0 Å². The zero-order valence-electron chi connectivity index (χ0n) is 5.89. The van der Waals surface area contributed by atoms with Gasteiger partial charge in [-0.2, -0.15) is 0 Å². The Labute approximate surface area is 63.0 Å². The van der Waals surface area contributed by atoms with Crippen LogP contribution in [0, 0.1) is 5.92 Å². The summed E-state index contributed by atoms with van der Waals surface area (Å²) >= 11 is 0. The maximum atomic E-state index is 10.1. The summed E-state index contributed by atoms with van der Waals surface area (Å²) in [6.45, 7) is 3.46. The highest BCUT2D eigenvalue weighted by molar-refractivity contribution is 6.27. The Kier molecular flexibility index (Phi) is 4.46. The van der Waals surface area contributed by atoms with Crippen LogP contribution >= 0.6 is 0 Å². The second-order valence-corrected chi connectivity index (χ2v) is 3.06. The first-order valence-electron chi connectivity index (χ1n) is 2.96. The molecule has 0 amide bonds. The third kappa shape index (κ3) is 2.57. The molecular formula is C7H9O2Si. The van der Waals surface area contributed by atoms with Gasteiger partial charge < -0.3 is 0 Å². The average molecular weight is 153 g/mol. The second kappa shape index (κ2) is 4.91. The molecular weight excluding hydrogens is 144 g/mol. The van der Waals surface area contributed by atoms with Crippen molar-refractivity contribution in [3.05, 3.63) is 17.9 Å². The number of allylic oxidation sites excluding steroid dienone is 2. The van der Waals surface area contributed by atoms with Crippen molar-refractivity contribution in [1.29, 1.82) is 0 Å². The van der Waals surface area contributed by atoms with Crippen molar-refractivity contribution in [1.82, 2.24) is 0 Å². The Balaban J connectivity index is 4.19. The molecule has 0 N–H and O–H groups in total. The quantitative estimate of drug-likeness (QED) is 0.306. The van der Waals surface area contributed by atoms with Crippen LogP contribution in [0.3, 0.4) is 0 Å². The molecule has 1 unspecified atom stereocenters. The standard InChI is InChI=1S/C7H9O2Si/c1-2-3-6(4-8)7(10)5-9/h2,6H,1,3H2,10H3. The Morgan fingerprint density at radius 3 is 2.60 bits per heavy atom. The third-order valence-corrected chi connectivity index (χ3v) is 2.13. The zero-order chi connectivity index (χ0) is 7.98. The lowest BCUT2D eigenvalue weighted by Crippen LogP contribution is -2.04. The van der Waals surface area contributed by atoms with Crippen LogP contribution in [0.25, 0.3) is 0 Å². The molecule has 1 atom stereocenters. The van der Waals surface area contributed by atoms with Gasteiger partial charge in [-0.05, 0) is 6.42 Å². The summed E-state index contributed by atoms with van der Waals surface area (Å²) in [7, 11) is 0.580. The molecule has 0 fully saturated rings. The predicted molar refractivity (Wildman–Crippen MR) is 43.1 cm³/mol. The van der Waals surface area contributed by atoms with Crippen molar-refractivity contribution in [3.8, 4) is 0 Å². The van der Waals surface area contributed by atoms with Gasteiger partial charge in [0, 0.05) is 15.4 Å². The molecule has 0 bridgehead atoms. The summed E-state index contributed by atoms with van der Waals surface area (Å²) in [5.74, 6) is 1.33. The van der Waals surface area contributed by atoms with Crippen LogP contribution in [-0.2, 0) is 9.59 Å². The van der Waals surface area contributed by atoms with Crippen molar-refractivity contribution in [2.45, 2.75) is 6.42 Å². The normalized spacial score (nSPS) is 11.6. The molecule has 0 spiro atoms. The van der Waals surface area contributed by atoms with E-state index in [0.717, 1.165) is 0 Å². The third-order valence-electron chi connectivity index (χ3n) is 1.23. The van der Waals surface area contributed by atoms with Crippen LogP contribution in [0.1, 0.15) is 6.42 Å². The van der Waals surface area contributed by atoms with Gasteiger partial charge >= 0.3 is 0 Å². The minimum Gasteiger partial charge on any atom is -0.290 e. The fraction of sp³-hybridized carbons (Fsp3) is 0.286. The lowest BCUT2D eigenvalue weighted by atomic mass is 10.1. The molecule has 0 saturated heterocycles. The van der Waals surface area contributed by atoms with Gasteiger partial charge in [-0.15, -0.1) is 6.58 Å². The van der Waals surface area contributed by atoms with E-state index in [1.54, 1.807) is 18.3 Å². The van der Waals surface area contributed by atoms with Gasteiger partial charge in [0.25, 0.3) is 0 Å². The number of hydrogen-bond donors (Lipinski definition) is 0. The van der Waals surface area contributed by atoms with Gasteiger partial charge in [0.15, 0.2) is 0 Å². The molecule has 0 rings (SSSR count). The van der Waals surface area contributed by atoms with E-state index in [4.69, 9.17) is 0 Å². The Hall–Kier alpha value is -0.923. The monoisotopic (exact) mass is 153 g/mol. The van der Waals surface area contributed by atoms with E-state index >= 15 is 0 Å². The average Bonchev–Trinajstić information content (AvgIpc) is 1.99. The number of hydrogen-bond acceptors (Lipinski definition) is 2. The zero-order valence-corrected chi connectivity index (χ0v) is 7.89. The van der Waals surface area contributed by atoms with Gasteiger partial charge in [0.05, 0.1) is 5.92 Å². The van der Waals surface area contributed by atoms with Crippen LogP contribution in [0.2, 0.25) is 0 Å². The first kappa shape index (κ1) is 9.08. The molecule has 3 heteroatoms. The molecule has 1 radical (unpaired) electrons. The highest BCUT2D eigenvalue weighted by Crippen LogP contribution is 2.06. The minimum absolute atomic E-state index is 0.387. The number of carbonyl (C=O) groups excluding carboxylic acids is 2. The fourth-order valence-corrected chi connectivity index (χ4v) is 0.905.